The van der Waals surface area contributed by atoms with Crippen molar-refractivity contribution in [2.45, 2.75) is 19.4 Å². The van der Waals surface area contributed by atoms with Crippen LogP contribution in [0.25, 0.3) is 11.0 Å². The number of imidazole rings is 1. The van der Waals surface area contributed by atoms with Crippen molar-refractivity contribution in [1.29, 1.82) is 0 Å². The van der Waals surface area contributed by atoms with Crippen LogP contribution in [0.15, 0.2) is 48.8 Å². The van der Waals surface area contributed by atoms with E-state index < -0.39 is 0 Å². The molecule has 6 heteroatoms. The summed E-state index contributed by atoms with van der Waals surface area (Å²) in [5, 5.41) is 3.89. The van der Waals surface area contributed by atoms with E-state index in [1.807, 2.05) is 36.7 Å². The molecule has 1 heterocycles. The van der Waals surface area contributed by atoms with Crippen molar-refractivity contribution in [3.05, 3.63) is 64.4 Å². The first kappa shape index (κ1) is 16.8. The van der Waals surface area contributed by atoms with Gasteiger partial charge in [0.25, 0.3) is 0 Å². The normalized spacial score (nSPS) is 10.9. The van der Waals surface area contributed by atoms with E-state index >= 15 is 0 Å². The molecule has 3 aromatic rings. The minimum absolute atomic E-state index is 0.0242. The second-order valence-corrected chi connectivity index (χ2v) is 6.37. The SMILES string of the molecule is O=C(Cc1ccc(Cl)c(Cl)c1)NCCCn1cnc2ccccc21. The Morgan fingerprint density at radius 3 is 2.79 bits per heavy atom. The van der Waals surface area contributed by atoms with Gasteiger partial charge in [-0.15, -0.1) is 0 Å². The number of carbonyl (C=O) groups is 1. The van der Waals surface area contributed by atoms with Crippen LogP contribution in [0.4, 0.5) is 0 Å². The summed E-state index contributed by atoms with van der Waals surface area (Å²) < 4.78 is 2.10. The first-order valence-corrected chi connectivity index (χ1v) is 8.49. The number of nitrogens with zero attached hydrogens (tertiary/aromatic N) is 2. The molecule has 0 fully saturated rings. The van der Waals surface area contributed by atoms with Gasteiger partial charge < -0.3 is 9.88 Å². The third kappa shape index (κ3) is 4.08. The van der Waals surface area contributed by atoms with Crippen LogP contribution < -0.4 is 5.32 Å². The summed E-state index contributed by atoms with van der Waals surface area (Å²) in [6.45, 7) is 1.43. The number of hydrogen-bond acceptors (Lipinski definition) is 2. The van der Waals surface area contributed by atoms with E-state index in [-0.39, 0.29) is 5.91 Å². The number of halogens is 2. The van der Waals surface area contributed by atoms with Crippen LogP contribution >= 0.6 is 23.2 Å². The third-order valence-corrected chi connectivity index (χ3v) is 4.51. The van der Waals surface area contributed by atoms with Gasteiger partial charge >= 0.3 is 0 Å². The summed E-state index contributed by atoms with van der Waals surface area (Å²) in [7, 11) is 0. The number of carbonyl (C=O) groups excluding carboxylic acids is 1. The summed E-state index contributed by atoms with van der Waals surface area (Å²) in [6, 6.07) is 13.3. The van der Waals surface area contributed by atoms with Crippen LogP contribution in [0.5, 0.6) is 0 Å². The average Bonchev–Trinajstić information content (AvgIpc) is 2.98. The van der Waals surface area contributed by atoms with E-state index in [4.69, 9.17) is 23.2 Å². The van der Waals surface area contributed by atoms with Crippen LogP contribution in [-0.2, 0) is 17.8 Å². The smallest absolute Gasteiger partial charge is 0.224 e. The Morgan fingerprint density at radius 2 is 1.96 bits per heavy atom. The van der Waals surface area contributed by atoms with Crippen molar-refractivity contribution >= 4 is 40.1 Å². The number of aryl methyl sites for hydroxylation is 1. The monoisotopic (exact) mass is 361 g/mol. The average molecular weight is 362 g/mol. The van der Waals surface area contributed by atoms with Crippen LogP contribution in [0.3, 0.4) is 0 Å². The van der Waals surface area contributed by atoms with Crippen LogP contribution in [0, 0.1) is 0 Å². The van der Waals surface area contributed by atoms with Crippen LogP contribution in [0.2, 0.25) is 10.0 Å². The van der Waals surface area contributed by atoms with Crippen molar-refractivity contribution in [3.63, 3.8) is 0 Å². The number of hydrogen-bond donors (Lipinski definition) is 1. The molecule has 0 atom stereocenters. The van der Waals surface area contributed by atoms with E-state index in [1.165, 1.54) is 0 Å². The van der Waals surface area contributed by atoms with E-state index in [1.54, 1.807) is 12.1 Å². The zero-order valence-electron chi connectivity index (χ0n) is 13.0. The van der Waals surface area contributed by atoms with Crippen molar-refractivity contribution in [2.24, 2.45) is 0 Å². The number of aromatic nitrogens is 2. The number of nitrogens with one attached hydrogen (secondary N) is 1. The molecular formula is C18H17Cl2N3O. The molecule has 1 amide bonds. The molecule has 0 saturated carbocycles. The lowest BCUT2D eigenvalue weighted by molar-refractivity contribution is -0.120. The molecule has 0 bridgehead atoms. The van der Waals surface area contributed by atoms with Gasteiger partial charge in [-0.1, -0.05) is 41.4 Å². The van der Waals surface area contributed by atoms with Crippen LogP contribution in [-0.4, -0.2) is 22.0 Å². The molecule has 0 spiro atoms. The fraction of sp³-hybridized carbons (Fsp3) is 0.222. The number of amides is 1. The highest BCUT2D eigenvalue weighted by Gasteiger charge is 2.06. The lowest BCUT2D eigenvalue weighted by Crippen LogP contribution is -2.26. The molecule has 124 valence electrons. The van der Waals surface area contributed by atoms with E-state index in [2.05, 4.69) is 14.9 Å². The van der Waals surface area contributed by atoms with Gasteiger partial charge in [0.05, 0.1) is 33.8 Å². The molecule has 1 N–H and O–H groups in total. The van der Waals surface area contributed by atoms with Crippen molar-refractivity contribution in [1.82, 2.24) is 14.9 Å². The number of rotatable bonds is 6. The lowest BCUT2D eigenvalue weighted by atomic mass is 10.1. The molecule has 3 rings (SSSR count). The van der Waals surface area contributed by atoms with Crippen molar-refractivity contribution in [3.8, 4) is 0 Å². The summed E-state index contributed by atoms with van der Waals surface area (Å²) in [5.74, 6) is -0.0242. The zero-order chi connectivity index (χ0) is 16.9. The van der Waals surface area contributed by atoms with Gasteiger partial charge in [-0.25, -0.2) is 4.98 Å². The standard InChI is InChI=1S/C18H17Cl2N3O/c19-14-7-6-13(10-15(14)20)11-18(24)21-8-3-9-23-12-22-16-4-1-2-5-17(16)23/h1-2,4-7,10,12H,3,8-9,11H2,(H,21,24). The molecule has 1 aromatic heterocycles. The molecule has 0 aliphatic rings. The quantitative estimate of drug-likeness (QED) is 0.672. The lowest BCUT2D eigenvalue weighted by Gasteiger charge is -2.07. The van der Waals surface area contributed by atoms with Gasteiger partial charge in [0, 0.05) is 13.1 Å². The van der Waals surface area contributed by atoms with Gasteiger partial charge in [-0.3, -0.25) is 4.79 Å². The first-order chi connectivity index (χ1) is 11.6. The molecule has 2 aromatic carbocycles. The summed E-state index contributed by atoms with van der Waals surface area (Å²) in [4.78, 5) is 16.3. The molecule has 0 aliphatic heterocycles. The van der Waals surface area contributed by atoms with Crippen LogP contribution in [0.1, 0.15) is 12.0 Å². The second kappa shape index (κ2) is 7.69. The van der Waals surface area contributed by atoms with E-state index in [0.29, 0.717) is 23.0 Å². The van der Waals surface area contributed by atoms with Crippen molar-refractivity contribution in [2.75, 3.05) is 6.54 Å². The maximum atomic E-state index is 12.0. The summed E-state index contributed by atoms with van der Waals surface area (Å²) in [6.07, 6.45) is 2.97. The van der Waals surface area contributed by atoms with Gasteiger partial charge in [-0.05, 0) is 36.2 Å². The minimum Gasteiger partial charge on any atom is -0.356 e. The molecule has 0 saturated heterocycles. The maximum absolute atomic E-state index is 12.0. The predicted octanol–water partition coefficient (Wildman–Crippen LogP) is 4.09. The third-order valence-electron chi connectivity index (χ3n) is 3.77. The molecule has 24 heavy (non-hydrogen) atoms. The Morgan fingerprint density at radius 1 is 1.12 bits per heavy atom. The van der Waals surface area contributed by atoms with Gasteiger partial charge in [-0.2, -0.15) is 0 Å². The largest absolute Gasteiger partial charge is 0.356 e. The summed E-state index contributed by atoms with van der Waals surface area (Å²) in [5.41, 5.74) is 2.95. The molecular weight excluding hydrogens is 345 g/mol. The van der Waals surface area contributed by atoms with E-state index in [9.17, 15) is 4.79 Å². The van der Waals surface area contributed by atoms with E-state index in [0.717, 1.165) is 29.6 Å². The first-order valence-electron chi connectivity index (χ1n) is 7.74. The highest BCUT2D eigenvalue weighted by molar-refractivity contribution is 6.42. The minimum atomic E-state index is -0.0242. The predicted molar refractivity (Wildman–Crippen MR) is 97.5 cm³/mol. The highest BCUT2D eigenvalue weighted by atomic mass is 35.5. The fourth-order valence-corrected chi connectivity index (χ4v) is 2.88. The topological polar surface area (TPSA) is 46.9 Å². The maximum Gasteiger partial charge on any atom is 0.224 e. The Labute approximate surface area is 150 Å². The Kier molecular flexibility index (Phi) is 5.38. The highest BCUT2D eigenvalue weighted by Crippen LogP contribution is 2.22. The molecule has 0 unspecified atom stereocenters. The van der Waals surface area contributed by atoms with Gasteiger partial charge in [0.1, 0.15) is 0 Å². The zero-order valence-corrected chi connectivity index (χ0v) is 14.5. The van der Waals surface area contributed by atoms with Crippen molar-refractivity contribution < 1.29 is 4.79 Å². The number of para-hydroxylation sites is 2. The number of fused-ring (bicyclic) bond motifs is 1. The molecule has 0 radical (unpaired) electrons. The Balaban J connectivity index is 1.46. The summed E-state index contributed by atoms with van der Waals surface area (Å²) >= 11 is 11.8. The molecule has 4 nitrogen and oxygen atoms in total. The van der Waals surface area contributed by atoms with Gasteiger partial charge in [0.15, 0.2) is 0 Å². The fourth-order valence-electron chi connectivity index (χ4n) is 2.56. The second-order valence-electron chi connectivity index (χ2n) is 5.56. The molecule has 0 aliphatic carbocycles. The number of benzene rings is 2. The Bertz CT molecular complexity index is 860. The van der Waals surface area contributed by atoms with Gasteiger partial charge in [0.2, 0.25) is 5.91 Å². The Hall–Kier alpha value is -2.04.